The normalized spacial score (nSPS) is 14.9. The van der Waals surface area contributed by atoms with Crippen LogP contribution in [0.25, 0.3) is 0 Å². The van der Waals surface area contributed by atoms with E-state index in [9.17, 15) is 9.59 Å². The number of hydrogen-bond donors (Lipinski definition) is 1. The molecule has 1 unspecified atom stereocenters. The molecule has 0 heterocycles. The lowest BCUT2D eigenvalue weighted by Crippen LogP contribution is -2.07. The predicted octanol–water partition coefficient (Wildman–Crippen LogP) is 5.69. The van der Waals surface area contributed by atoms with Crippen LogP contribution in [0.4, 0.5) is 0 Å². The second-order valence-electron chi connectivity index (χ2n) is 6.21. The van der Waals surface area contributed by atoms with Gasteiger partial charge in [-0.2, -0.15) is 0 Å². The highest BCUT2D eigenvalue weighted by Gasteiger charge is 2.33. The summed E-state index contributed by atoms with van der Waals surface area (Å²) in [5.41, 5.74) is 1.36. The average molecular weight is 409 g/mol. The van der Waals surface area contributed by atoms with E-state index in [0.717, 1.165) is 12.0 Å². The molecule has 0 aliphatic heterocycles. The summed E-state index contributed by atoms with van der Waals surface area (Å²) in [5, 5.41) is 9.04. The molecule has 27 heavy (non-hydrogen) atoms. The molecule has 1 aliphatic rings. The van der Waals surface area contributed by atoms with E-state index >= 15 is 0 Å². The van der Waals surface area contributed by atoms with Crippen molar-refractivity contribution in [3.05, 3.63) is 63.6 Å². The molecule has 1 atom stereocenters. The van der Waals surface area contributed by atoms with Crippen molar-refractivity contribution in [2.45, 2.75) is 32.6 Å². The van der Waals surface area contributed by atoms with Crippen molar-refractivity contribution in [3.8, 4) is 5.75 Å². The van der Waals surface area contributed by atoms with Crippen LogP contribution >= 0.6 is 23.2 Å². The van der Waals surface area contributed by atoms with Crippen LogP contribution in [-0.4, -0.2) is 23.5 Å². The summed E-state index contributed by atoms with van der Waals surface area (Å²) in [7, 11) is 0. The van der Waals surface area contributed by atoms with Crippen molar-refractivity contribution in [3.63, 3.8) is 0 Å². The second-order valence-corrected chi connectivity index (χ2v) is 6.97. The van der Waals surface area contributed by atoms with Crippen molar-refractivity contribution in [1.29, 1.82) is 0 Å². The summed E-state index contributed by atoms with van der Waals surface area (Å²) in [6.07, 6.45) is 1.83. The first-order valence-corrected chi connectivity index (χ1v) is 9.61. The number of fused-ring (bicyclic) bond motifs is 1. The third kappa shape index (κ3) is 5.72. The first-order valence-electron chi connectivity index (χ1n) is 8.85. The van der Waals surface area contributed by atoms with Crippen molar-refractivity contribution < 1.29 is 19.4 Å². The Morgan fingerprint density at radius 1 is 1.15 bits per heavy atom. The van der Waals surface area contributed by atoms with Crippen LogP contribution in [0.3, 0.4) is 0 Å². The fourth-order valence-corrected chi connectivity index (χ4v) is 3.38. The summed E-state index contributed by atoms with van der Waals surface area (Å²) in [6.45, 7) is 2.21. The van der Waals surface area contributed by atoms with Gasteiger partial charge in [0, 0.05) is 17.9 Å². The van der Waals surface area contributed by atoms with E-state index in [1.54, 1.807) is 6.07 Å². The first-order chi connectivity index (χ1) is 13.0. The van der Waals surface area contributed by atoms with Crippen LogP contribution in [0.2, 0.25) is 10.0 Å². The maximum Gasteiger partial charge on any atom is 0.303 e. The summed E-state index contributed by atoms with van der Waals surface area (Å²) in [4.78, 5) is 22.6. The van der Waals surface area contributed by atoms with Crippen LogP contribution in [-0.2, 0) is 11.2 Å². The quantitative estimate of drug-likeness (QED) is 0.623. The smallest absolute Gasteiger partial charge is 0.303 e. The number of hydrogen-bond acceptors (Lipinski definition) is 3. The van der Waals surface area contributed by atoms with Crippen molar-refractivity contribution in [2.24, 2.45) is 5.92 Å². The van der Waals surface area contributed by atoms with Gasteiger partial charge in [0.15, 0.2) is 5.78 Å². The molecule has 0 bridgehead atoms. The van der Waals surface area contributed by atoms with Crippen LogP contribution in [0.15, 0.2) is 42.5 Å². The van der Waals surface area contributed by atoms with Gasteiger partial charge in [0.05, 0.1) is 11.6 Å². The van der Waals surface area contributed by atoms with Gasteiger partial charge >= 0.3 is 5.97 Å². The van der Waals surface area contributed by atoms with E-state index < -0.39 is 5.97 Å². The third-order valence-corrected chi connectivity index (χ3v) is 5.14. The number of Topliss-reactive ketones (excluding diaryl/α,β-unsaturated/α-hetero) is 1. The number of carbonyl (C=O) groups is 2. The second kappa shape index (κ2) is 10.3. The van der Waals surface area contributed by atoms with Gasteiger partial charge in [-0.05, 0) is 30.9 Å². The number of halogens is 2. The molecule has 0 spiro atoms. The fourth-order valence-electron chi connectivity index (χ4n) is 2.87. The number of aliphatic carboxylic acids is 1. The lowest BCUT2D eigenvalue weighted by atomic mass is 10.0. The first kappa shape index (κ1) is 21.3. The molecule has 1 N–H and O–H groups in total. The highest BCUT2D eigenvalue weighted by molar-refractivity contribution is 6.45. The molecule has 0 aromatic heterocycles. The van der Waals surface area contributed by atoms with Gasteiger partial charge in [-0.3, -0.25) is 9.59 Å². The van der Waals surface area contributed by atoms with Crippen LogP contribution < -0.4 is 4.74 Å². The number of ether oxygens (including phenoxy) is 1. The van der Waals surface area contributed by atoms with E-state index in [-0.39, 0.29) is 34.8 Å². The van der Waals surface area contributed by atoms with Crippen LogP contribution in [0, 0.1) is 5.92 Å². The molecule has 0 saturated heterocycles. The van der Waals surface area contributed by atoms with Gasteiger partial charge in [-0.1, -0.05) is 66.5 Å². The van der Waals surface area contributed by atoms with Gasteiger partial charge in [0.2, 0.25) is 0 Å². The minimum absolute atomic E-state index is 0.0344. The molecule has 4 nitrogen and oxygen atoms in total. The molecular weight excluding hydrogens is 387 g/mol. The molecule has 6 heteroatoms. The summed E-state index contributed by atoms with van der Waals surface area (Å²) in [5.74, 6) is -0.462. The van der Waals surface area contributed by atoms with Gasteiger partial charge in [-0.25, -0.2) is 0 Å². The molecule has 144 valence electrons. The Kier molecular flexibility index (Phi) is 8.14. The molecular formula is C21H22Cl2O4. The molecule has 3 rings (SSSR count). The van der Waals surface area contributed by atoms with E-state index in [1.165, 1.54) is 0 Å². The minimum Gasteiger partial charge on any atom is -0.492 e. The van der Waals surface area contributed by atoms with E-state index in [0.29, 0.717) is 24.2 Å². The predicted molar refractivity (Wildman–Crippen MR) is 107 cm³/mol. The highest BCUT2D eigenvalue weighted by atomic mass is 35.5. The molecule has 0 fully saturated rings. The molecule has 0 amide bonds. The summed E-state index contributed by atoms with van der Waals surface area (Å²) in [6, 6.07) is 13.7. The Morgan fingerprint density at radius 3 is 2.26 bits per heavy atom. The van der Waals surface area contributed by atoms with Crippen molar-refractivity contribution in [1.82, 2.24) is 0 Å². The van der Waals surface area contributed by atoms with E-state index in [4.69, 9.17) is 33.0 Å². The largest absolute Gasteiger partial charge is 0.492 e. The maximum absolute atomic E-state index is 12.2. The number of benzene rings is 2. The highest BCUT2D eigenvalue weighted by Crippen LogP contribution is 2.42. The number of carboxylic acid groups (broad SMARTS) is 1. The van der Waals surface area contributed by atoms with Gasteiger partial charge in [0.1, 0.15) is 10.8 Å². The maximum atomic E-state index is 12.2. The zero-order valence-electron chi connectivity index (χ0n) is 15.1. The Hall–Kier alpha value is -2.04. The number of carbonyl (C=O) groups excluding carboxylic acids is 1. The molecule has 2 aromatic rings. The van der Waals surface area contributed by atoms with Crippen LogP contribution in [0.1, 0.15) is 42.1 Å². The standard InChI is InChI=1S/C15H16Cl2O4.C6H6/c1-2-8-6-9-7-10(21-5-3-4-11(18)19)13(16)14(17)12(9)15(8)20;1-2-4-6-5-3-1/h7-8H,2-6H2,1H3,(H,18,19);1-6H. The SMILES string of the molecule is CCC1Cc2cc(OCCCC(=O)O)c(Cl)c(Cl)c2C1=O.c1ccccc1. The van der Waals surface area contributed by atoms with Crippen molar-refractivity contribution >= 4 is 35.0 Å². The van der Waals surface area contributed by atoms with Crippen LogP contribution in [0.5, 0.6) is 5.75 Å². The molecule has 0 radical (unpaired) electrons. The summed E-state index contributed by atoms with van der Waals surface area (Å²) < 4.78 is 5.51. The Labute approximate surface area is 169 Å². The Morgan fingerprint density at radius 2 is 1.74 bits per heavy atom. The van der Waals surface area contributed by atoms with Gasteiger partial charge < -0.3 is 9.84 Å². The van der Waals surface area contributed by atoms with Gasteiger partial charge in [-0.15, -0.1) is 0 Å². The molecule has 0 saturated carbocycles. The van der Waals surface area contributed by atoms with E-state index in [1.807, 2.05) is 43.3 Å². The summed E-state index contributed by atoms with van der Waals surface area (Å²) >= 11 is 12.3. The molecule has 2 aromatic carbocycles. The van der Waals surface area contributed by atoms with Crippen molar-refractivity contribution in [2.75, 3.05) is 6.61 Å². The third-order valence-electron chi connectivity index (χ3n) is 4.29. The monoisotopic (exact) mass is 408 g/mol. The fraction of sp³-hybridized carbons (Fsp3) is 0.333. The Bertz CT molecular complexity index is 764. The van der Waals surface area contributed by atoms with Gasteiger partial charge in [0.25, 0.3) is 0 Å². The van der Waals surface area contributed by atoms with E-state index in [2.05, 4.69) is 0 Å². The minimum atomic E-state index is -0.868. The zero-order valence-corrected chi connectivity index (χ0v) is 16.6. The number of rotatable bonds is 6. The lowest BCUT2D eigenvalue weighted by Gasteiger charge is -2.11. The number of carboxylic acids is 1. The number of ketones is 1. The lowest BCUT2D eigenvalue weighted by molar-refractivity contribution is -0.137. The topological polar surface area (TPSA) is 63.6 Å². The zero-order chi connectivity index (χ0) is 19.8. The average Bonchev–Trinajstić information content (AvgIpc) is 3.00. The Balaban J connectivity index is 0.000000369. The molecule has 1 aliphatic carbocycles.